The van der Waals surface area contributed by atoms with E-state index in [0.29, 0.717) is 5.16 Å². The molecule has 4 aromatic rings. The third-order valence-electron chi connectivity index (χ3n) is 5.17. The van der Waals surface area contributed by atoms with Crippen molar-refractivity contribution in [3.8, 4) is 5.69 Å². The number of halogens is 1. The highest BCUT2D eigenvalue weighted by Crippen LogP contribution is 2.35. The van der Waals surface area contributed by atoms with Crippen molar-refractivity contribution < 1.29 is 4.79 Å². The Hall–Kier alpha value is -1.74. The lowest BCUT2D eigenvalue weighted by atomic mass is 9.97. The summed E-state index contributed by atoms with van der Waals surface area (Å²) < 4.78 is 2.62. The Bertz CT molecular complexity index is 1290. The van der Waals surface area contributed by atoms with Gasteiger partial charge in [0.15, 0.2) is 10.9 Å². The number of hydrogen-bond donors (Lipinski definition) is 0. The van der Waals surface area contributed by atoms with Crippen LogP contribution < -0.4 is 5.56 Å². The van der Waals surface area contributed by atoms with Gasteiger partial charge >= 0.3 is 0 Å². The van der Waals surface area contributed by atoms with E-state index in [4.69, 9.17) is 4.98 Å². The summed E-state index contributed by atoms with van der Waals surface area (Å²) in [6, 6.07) is 11.4. The Morgan fingerprint density at radius 2 is 1.97 bits per heavy atom. The van der Waals surface area contributed by atoms with Crippen LogP contribution in [0, 0.1) is 0 Å². The Balaban J connectivity index is 1.64. The van der Waals surface area contributed by atoms with Crippen LogP contribution in [0.15, 0.2) is 56.2 Å². The monoisotopic (exact) mass is 516 g/mol. The number of rotatable bonds is 5. The lowest BCUT2D eigenvalue weighted by Crippen LogP contribution is -2.22. The number of nitrogens with zero attached hydrogens (tertiary/aromatic N) is 2. The van der Waals surface area contributed by atoms with Crippen LogP contribution in [0.5, 0.6) is 0 Å². The molecule has 3 aromatic heterocycles. The molecule has 0 radical (unpaired) electrons. The summed E-state index contributed by atoms with van der Waals surface area (Å²) in [5.41, 5.74) is 1.91. The van der Waals surface area contributed by atoms with Gasteiger partial charge in [-0.3, -0.25) is 14.2 Å². The van der Waals surface area contributed by atoms with Crippen molar-refractivity contribution in [2.24, 2.45) is 0 Å². The van der Waals surface area contributed by atoms with Gasteiger partial charge in [0.25, 0.3) is 5.56 Å². The zero-order chi connectivity index (χ0) is 20.7. The summed E-state index contributed by atoms with van der Waals surface area (Å²) in [5.74, 6) is 0.303. The van der Waals surface area contributed by atoms with E-state index in [0.717, 1.165) is 50.9 Å². The number of fused-ring (bicyclic) bond motifs is 3. The number of aromatic nitrogens is 2. The maximum Gasteiger partial charge on any atom is 0.267 e. The Labute approximate surface area is 194 Å². The van der Waals surface area contributed by atoms with Gasteiger partial charge < -0.3 is 0 Å². The van der Waals surface area contributed by atoms with Crippen LogP contribution in [0.3, 0.4) is 0 Å². The van der Waals surface area contributed by atoms with Crippen LogP contribution in [-0.2, 0) is 12.8 Å². The summed E-state index contributed by atoms with van der Waals surface area (Å²) in [7, 11) is 0. The summed E-state index contributed by atoms with van der Waals surface area (Å²) in [4.78, 5) is 33.9. The third-order valence-corrected chi connectivity index (χ3v) is 8.74. The molecule has 0 amide bonds. The van der Waals surface area contributed by atoms with E-state index in [-0.39, 0.29) is 17.1 Å². The normalized spacial score (nSPS) is 13.5. The van der Waals surface area contributed by atoms with Gasteiger partial charge in [-0.05, 0) is 67.0 Å². The first-order valence-electron chi connectivity index (χ1n) is 9.64. The fourth-order valence-corrected chi connectivity index (χ4v) is 6.96. The number of carbonyl (C=O) groups excluding carboxylic acids is 1. The first kappa shape index (κ1) is 20.2. The molecule has 0 bridgehead atoms. The minimum absolute atomic E-state index is 0.0344. The van der Waals surface area contributed by atoms with Crippen molar-refractivity contribution in [2.45, 2.75) is 30.8 Å². The first-order chi connectivity index (χ1) is 14.6. The van der Waals surface area contributed by atoms with Gasteiger partial charge in [0.05, 0.1) is 21.7 Å². The number of thioether (sulfide) groups is 1. The van der Waals surface area contributed by atoms with Gasteiger partial charge in [-0.25, -0.2) is 4.98 Å². The van der Waals surface area contributed by atoms with Crippen LogP contribution in [-0.4, -0.2) is 21.1 Å². The van der Waals surface area contributed by atoms with Crippen LogP contribution >= 0.6 is 50.4 Å². The molecule has 0 saturated carbocycles. The second-order valence-electron chi connectivity index (χ2n) is 7.09. The SMILES string of the molecule is O=C(CSc1nc2sc3c(c2c(=O)n1-c1ccc(Br)cc1)CCCC3)c1cccs1. The molecular formula is C22H17BrN2O2S3. The number of benzene rings is 1. The minimum Gasteiger partial charge on any atom is -0.292 e. The second kappa shape index (κ2) is 8.42. The van der Waals surface area contributed by atoms with Gasteiger partial charge in [-0.2, -0.15) is 0 Å². The van der Waals surface area contributed by atoms with E-state index in [9.17, 15) is 9.59 Å². The summed E-state index contributed by atoms with van der Waals surface area (Å²) >= 11 is 7.87. The second-order valence-corrected chi connectivity index (χ2v) is 11.0. The van der Waals surface area contributed by atoms with E-state index in [2.05, 4.69) is 15.9 Å². The van der Waals surface area contributed by atoms with Crippen molar-refractivity contribution in [3.63, 3.8) is 0 Å². The highest BCUT2D eigenvalue weighted by molar-refractivity contribution is 9.10. The maximum absolute atomic E-state index is 13.7. The molecule has 4 nitrogen and oxygen atoms in total. The van der Waals surface area contributed by atoms with Crippen molar-refractivity contribution in [1.82, 2.24) is 9.55 Å². The molecule has 3 heterocycles. The fraction of sp³-hybridized carbons (Fsp3) is 0.227. The quantitative estimate of drug-likeness (QED) is 0.182. The summed E-state index contributed by atoms with van der Waals surface area (Å²) in [5, 5.41) is 3.22. The number of hydrogen-bond acceptors (Lipinski definition) is 6. The van der Waals surface area contributed by atoms with E-state index in [1.807, 2.05) is 41.8 Å². The number of thiophene rings is 2. The largest absolute Gasteiger partial charge is 0.292 e. The number of Topliss-reactive ketones (excluding diaryl/α,β-unsaturated/α-hetero) is 1. The van der Waals surface area contributed by atoms with Crippen LogP contribution in [0.1, 0.15) is 33.0 Å². The van der Waals surface area contributed by atoms with Crippen molar-refractivity contribution in [2.75, 3.05) is 5.75 Å². The van der Waals surface area contributed by atoms with Gasteiger partial charge in [-0.1, -0.05) is 33.8 Å². The predicted molar refractivity (Wildman–Crippen MR) is 129 cm³/mol. The van der Waals surface area contributed by atoms with E-state index >= 15 is 0 Å². The van der Waals surface area contributed by atoms with Gasteiger partial charge in [0.1, 0.15) is 4.83 Å². The highest BCUT2D eigenvalue weighted by Gasteiger charge is 2.23. The maximum atomic E-state index is 13.7. The van der Waals surface area contributed by atoms with Gasteiger partial charge in [0.2, 0.25) is 0 Å². The first-order valence-corrected chi connectivity index (χ1v) is 13.1. The van der Waals surface area contributed by atoms with Crippen molar-refractivity contribution >= 4 is 66.4 Å². The standard InChI is InChI=1S/C22H17BrN2O2S3/c23-13-7-9-14(10-8-13)25-21(27)19-15-4-1-2-5-17(15)30-20(19)24-22(25)29-12-16(26)18-6-3-11-28-18/h3,6-11H,1-2,4-5,12H2. The number of ketones is 1. The zero-order valence-electron chi connectivity index (χ0n) is 15.9. The molecule has 30 heavy (non-hydrogen) atoms. The Morgan fingerprint density at radius 3 is 2.73 bits per heavy atom. The molecule has 0 saturated heterocycles. The lowest BCUT2D eigenvalue weighted by Gasteiger charge is -2.13. The third kappa shape index (κ3) is 3.70. The van der Waals surface area contributed by atoms with Crippen LogP contribution in [0.2, 0.25) is 0 Å². The lowest BCUT2D eigenvalue weighted by molar-refractivity contribution is 0.102. The molecule has 0 atom stereocenters. The Kier molecular flexibility index (Phi) is 5.66. The molecule has 5 rings (SSSR count). The minimum atomic E-state index is -0.0344. The molecular weight excluding hydrogens is 500 g/mol. The highest BCUT2D eigenvalue weighted by atomic mass is 79.9. The molecule has 0 N–H and O–H groups in total. The van der Waals surface area contributed by atoms with E-state index in [1.54, 1.807) is 15.9 Å². The van der Waals surface area contributed by atoms with Crippen LogP contribution in [0.25, 0.3) is 15.9 Å². The van der Waals surface area contributed by atoms with E-state index in [1.165, 1.54) is 33.5 Å². The predicted octanol–water partition coefficient (Wildman–Crippen LogP) is 6.13. The molecule has 0 fully saturated rings. The average molecular weight is 517 g/mol. The van der Waals surface area contributed by atoms with Gasteiger partial charge in [-0.15, -0.1) is 22.7 Å². The van der Waals surface area contributed by atoms with Gasteiger partial charge in [0, 0.05) is 9.35 Å². The average Bonchev–Trinajstić information content (AvgIpc) is 3.41. The van der Waals surface area contributed by atoms with Crippen LogP contribution in [0.4, 0.5) is 0 Å². The number of aryl methyl sites for hydroxylation is 2. The Morgan fingerprint density at radius 1 is 1.17 bits per heavy atom. The zero-order valence-corrected chi connectivity index (χ0v) is 19.9. The molecule has 8 heteroatoms. The summed E-state index contributed by atoms with van der Waals surface area (Å²) in [6.07, 6.45) is 4.24. The molecule has 1 aliphatic rings. The van der Waals surface area contributed by atoms with Crippen molar-refractivity contribution in [1.29, 1.82) is 0 Å². The molecule has 1 aliphatic carbocycles. The molecule has 0 unspecified atom stereocenters. The number of carbonyl (C=O) groups is 1. The fourth-order valence-electron chi connectivity index (χ4n) is 3.74. The smallest absolute Gasteiger partial charge is 0.267 e. The van der Waals surface area contributed by atoms with Crippen molar-refractivity contribution in [3.05, 3.63) is 71.9 Å². The summed E-state index contributed by atoms with van der Waals surface area (Å²) in [6.45, 7) is 0. The topological polar surface area (TPSA) is 52.0 Å². The molecule has 0 spiro atoms. The molecule has 1 aromatic carbocycles. The molecule has 152 valence electrons. The molecule has 0 aliphatic heterocycles. The van der Waals surface area contributed by atoms with E-state index < -0.39 is 0 Å².